The molecular weight excluding hydrogens is 204 g/mol. The van der Waals surface area contributed by atoms with Gasteiger partial charge in [0.25, 0.3) is 0 Å². The highest BCUT2D eigenvalue weighted by Gasteiger charge is 2.05. The molecule has 3 heteroatoms. The molecule has 0 spiro atoms. The van der Waals surface area contributed by atoms with Crippen molar-refractivity contribution in [1.29, 1.82) is 0 Å². The molecule has 3 nitrogen and oxygen atoms in total. The first-order valence-corrected chi connectivity index (χ1v) is 5.10. The van der Waals surface area contributed by atoms with E-state index in [4.69, 9.17) is 9.84 Å². The quantitative estimate of drug-likeness (QED) is 0.752. The summed E-state index contributed by atoms with van der Waals surface area (Å²) in [7, 11) is 0. The number of hydrogen-bond donors (Lipinski definition) is 2. The lowest BCUT2D eigenvalue weighted by molar-refractivity contribution is 0.143. The van der Waals surface area contributed by atoms with Gasteiger partial charge >= 0.3 is 0 Å². The average Bonchev–Trinajstić information content (AvgIpc) is 2.24. The van der Waals surface area contributed by atoms with Crippen LogP contribution in [0.1, 0.15) is 19.4 Å². The molecule has 0 aliphatic heterocycles. The van der Waals surface area contributed by atoms with Crippen LogP contribution in [-0.4, -0.2) is 29.0 Å². The van der Waals surface area contributed by atoms with Crippen LogP contribution in [0.15, 0.2) is 24.3 Å². The number of hydrogen-bond acceptors (Lipinski definition) is 3. The molecule has 86 valence electrons. The van der Waals surface area contributed by atoms with E-state index >= 15 is 0 Å². The van der Waals surface area contributed by atoms with E-state index in [1.54, 1.807) is 26.0 Å². The fourth-order valence-electron chi connectivity index (χ4n) is 1.02. The zero-order valence-corrected chi connectivity index (χ0v) is 9.53. The van der Waals surface area contributed by atoms with Gasteiger partial charge in [-0.25, -0.2) is 0 Å². The van der Waals surface area contributed by atoms with Crippen LogP contribution in [0.2, 0.25) is 0 Å². The largest absolute Gasteiger partial charge is 0.491 e. The van der Waals surface area contributed by atoms with Gasteiger partial charge in [0, 0.05) is 5.56 Å². The summed E-state index contributed by atoms with van der Waals surface area (Å²) in [5.41, 5.74) is -0.162. The highest BCUT2D eigenvalue weighted by molar-refractivity contribution is 5.39. The number of ether oxygens (including phenoxy) is 1. The van der Waals surface area contributed by atoms with Crippen molar-refractivity contribution < 1.29 is 14.9 Å². The van der Waals surface area contributed by atoms with E-state index in [1.165, 1.54) is 0 Å². The van der Waals surface area contributed by atoms with E-state index in [9.17, 15) is 5.11 Å². The van der Waals surface area contributed by atoms with Crippen molar-refractivity contribution in [3.05, 3.63) is 29.8 Å². The van der Waals surface area contributed by atoms with E-state index < -0.39 is 5.60 Å². The van der Waals surface area contributed by atoms with Crippen molar-refractivity contribution in [3.8, 4) is 17.6 Å². The van der Waals surface area contributed by atoms with Crippen LogP contribution in [0.3, 0.4) is 0 Å². The molecule has 0 saturated carbocycles. The minimum Gasteiger partial charge on any atom is -0.491 e. The summed E-state index contributed by atoms with van der Waals surface area (Å²) in [6, 6.07) is 7.19. The van der Waals surface area contributed by atoms with Crippen molar-refractivity contribution in [2.75, 3.05) is 13.2 Å². The van der Waals surface area contributed by atoms with E-state index in [1.807, 2.05) is 12.1 Å². The second-order valence-electron chi connectivity index (χ2n) is 3.91. The predicted molar refractivity (Wildman–Crippen MR) is 62.2 cm³/mol. The molecule has 16 heavy (non-hydrogen) atoms. The van der Waals surface area contributed by atoms with Crippen LogP contribution < -0.4 is 4.74 Å². The maximum atomic E-state index is 9.42. The summed E-state index contributed by atoms with van der Waals surface area (Å²) in [6.07, 6.45) is 0. The van der Waals surface area contributed by atoms with E-state index in [2.05, 4.69) is 11.8 Å². The molecule has 0 aromatic heterocycles. The van der Waals surface area contributed by atoms with Gasteiger partial charge in [-0.1, -0.05) is 11.8 Å². The monoisotopic (exact) mass is 220 g/mol. The van der Waals surface area contributed by atoms with Crippen molar-refractivity contribution >= 4 is 0 Å². The Hall–Kier alpha value is -1.50. The Morgan fingerprint density at radius 2 is 1.88 bits per heavy atom. The van der Waals surface area contributed by atoms with Gasteiger partial charge in [0.15, 0.2) is 0 Å². The lowest BCUT2D eigenvalue weighted by atomic mass is 10.1. The molecule has 0 fully saturated rings. The third-order valence-electron chi connectivity index (χ3n) is 1.73. The Morgan fingerprint density at radius 1 is 1.25 bits per heavy atom. The van der Waals surface area contributed by atoms with Gasteiger partial charge < -0.3 is 14.9 Å². The van der Waals surface area contributed by atoms with E-state index in [-0.39, 0.29) is 13.2 Å². The van der Waals surface area contributed by atoms with Crippen LogP contribution in [0.25, 0.3) is 0 Å². The Labute approximate surface area is 95.7 Å². The zero-order valence-electron chi connectivity index (χ0n) is 9.53. The third kappa shape index (κ3) is 4.83. The molecule has 0 radical (unpaired) electrons. The highest BCUT2D eigenvalue weighted by Crippen LogP contribution is 2.11. The number of aliphatic hydroxyl groups excluding tert-OH is 1. The van der Waals surface area contributed by atoms with Crippen molar-refractivity contribution in [2.45, 2.75) is 19.4 Å². The van der Waals surface area contributed by atoms with Crippen LogP contribution in [0.5, 0.6) is 5.75 Å². The summed E-state index contributed by atoms with van der Waals surface area (Å²) in [6.45, 7) is 3.56. The molecular formula is C13H16O3. The second kappa shape index (κ2) is 5.55. The number of benzene rings is 1. The lowest BCUT2D eigenvalue weighted by Gasteiger charge is -2.06. The van der Waals surface area contributed by atoms with E-state index in [0.29, 0.717) is 5.75 Å². The van der Waals surface area contributed by atoms with Gasteiger partial charge in [0.2, 0.25) is 0 Å². The normalized spacial score (nSPS) is 10.5. The minimum absolute atomic E-state index is 0.000257. The molecule has 0 aliphatic rings. The smallest absolute Gasteiger partial charge is 0.120 e. The lowest BCUT2D eigenvalue weighted by Crippen LogP contribution is -2.14. The molecule has 0 heterocycles. The maximum absolute atomic E-state index is 9.42. The molecule has 0 aliphatic carbocycles. The third-order valence-corrected chi connectivity index (χ3v) is 1.73. The number of aliphatic hydroxyl groups is 2. The summed E-state index contributed by atoms with van der Waals surface area (Å²) >= 11 is 0. The molecule has 1 aromatic rings. The van der Waals surface area contributed by atoms with Crippen molar-refractivity contribution in [1.82, 2.24) is 0 Å². The first-order chi connectivity index (χ1) is 7.51. The van der Waals surface area contributed by atoms with Crippen LogP contribution in [0, 0.1) is 11.8 Å². The topological polar surface area (TPSA) is 49.7 Å². The Kier molecular flexibility index (Phi) is 4.36. The first-order valence-electron chi connectivity index (χ1n) is 5.10. The zero-order chi connectivity index (χ0) is 12.0. The standard InChI is InChI=1S/C13H16O3/c1-13(2,15)8-7-11-3-5-12(6-4-11)16-10-9-14/h3-6,14-15H,9-10H2,1-2H3. The molecule has 0 amide bonds. The predicted octanol–water partition coefficient (Wildman–Crippen LogP) is 1.18. The van der Waals surface area contributed by atoms with Gasteiger partial charge in [0.1, 0.15) is 18.0 Å². The highest BCUT2D eigenvalue weighted by atomic mass is 16.5. The first kappa shape index (κ1) is 12.6. The molecule has 0 unspecified atom stereocenters. The summed E-state index contributed by atoms with van der Waals surface area (Å²) in [5.74, 6) is 6.29. The van der Waals surface area contributed by atoms with Crippen LogP contribution >= 0.6 is 0 Å². The Balaban J connectivity index is 2.67. The molecule has 0 atom stereocenters. The SMILES string of the molecule is CC(C)(O)C#Cc1ccc(OCCO)cc1. The van der Waals surface area contributed by atoms with Crippen molar-refractivity contribution in [2.24, 2.45) is 0 Å². The van der Waals surface area contributed by atoms with Crippen LogP contribution in [-0.2, 0) is 0 Å². The summed E-state index contributed by atoms with van der Waals surface area (Å²) < 4.78 is 5.21. The molecule has 0 saturated heterocycles. The van der Waals surface area contributed by atoms with Crippen LogP contribution in [0.4, 0.5) is 0 Å². The average molecular weight is 220 g/mol. The second-order valence-corrected chi connectivity index (χ2v) is 3.91. The minimum atomic E-state index is -0.980. The van der Waals surface area contributed by atoms with Gasteiger partial charge in [0.05, 0.1) is 6.61 Å². The summed E-state index contributed by atoms with van der Waals surface area (Å²) in [4.78, 5) is 0. The fourth-order valence-corrected chi connectivity index (χ4v) is 1.02. The molecule has 1 rings (SSSR count). The maximum Gasteiger partial charge on any atom is 0.120 e. The summed E-state index contributed by atoms with van der Waals surface area (Å²) in [5, 5.41) is 18.0. The van der Waals surface area contributed by atoms with Gasteiger partial charge in [-0.15, -0.1) is 0 Å². The molecule has 2 N–H and O–H groups in total. The Bertz CT molecular complexity index is 376. The van der Waals surface area contributed by atoms with Crippen molar-refractivity contribution in [3.63, 3.8) is 0 Å². The van der Waals surface area contributed by atoms with Gasteiger partial charge in [-0.2, -0.15) is 0 Å². The van der Waals surface area contributed by atoms with E-state index in [0.717, 1.165) is 5.56 Å². The Morgan fingerprint density at radius 3 is 2.38 bits per heavy atom. The van der Waals surface area contributed by atoms with Gasteiger partial charge in [-0.3, -0.25) is 0 Å². The molecule has 0 bridgehead atoms. The number of rotatable bonds is 3. The van der Waals surface area contributed by atoms with Gasteiger partial charge in [-0.05, 0) is 38.1 Å². The molecule has 1 aromatic carbocycles. The fraction of sp³-hybridized carbons (Fsp3) is 0.385.